The van der Waals surface area contributed by atoms with Gasteiger partial charge in [-0.3, -0.25) is 9.59 Å². The van der Waals surface area contributed by atoms with E-state index in [-0.39, 0.29) is 11.6 Å². The van der Waals surface area contributed by atoms with Crippen LogP contribution in [0.25, 0.3) is 5.69 Å². The van der Waals surface area contributed by atoms with Gasteiger partial charge in [0.2, 0.25) is 5.69 Å². The summed E-state index contributed by atoms with van der Waals surface area (Å²) in [5.74, 6) is -0.383. The lowest BCUT2D eigenvalue weighted by Crippen LogP contribution is -2.47. The van der Waals surface area contributed by atoms with Gasteiger partial charge in [-0.15, -0.1) is 0 Å². The van der Waals surface area contributed by atoms with Crippen molar-refractivity contribution in [3.05, 3.63) is 92.8 Å². The van der Waals surface area contributed by atoms with Crippen LogP contribution in [0.15, 0.2) is 70.3 Å². The van der Waals surface area contributed by atoms with Crippen molar-refractivity contribution < 1.29 is 4.79 Å². The molecule has 0 saturated heterocycles. The predicted octanol–water partition coefficient (Wildman–Crippen LogP) is 2.39. The topological polar surface area (TPSA) is 86.0 Å². The number of nitrogens with one attached hydrogen (secondary N) is 1. The van der Waals surface area contributed by atoms with E-state index in [4.69, 9.17) is 0 Å². The van der Waals surface area contributed by atoms with Crippen molar-refractivity contribution in [2.75, 3.05) is 6.54 Å². The first-order valence-electron chi connectivity index (χ1n) is 9.54. The second kappa shape index (κ2) is 8.68. The zero-order valence-electron chi connectivity index (χ0n) is 16.7. The molecule has 2 aromatic carbocycles. The average molecular weight is 392 g/mol. The normalized spacial score (nSPS) is 12.0. The second-order valence-corrected chi connectivity index (χ2v) is 7.24. The maximum Gasteiger partial charge on any atom is 0.352 e. The summed E-state index contributed by atoms with van der Waals surface area (Å²) in [6.45, 7) is 6.06. The summed E-state index contributed by atoms with van der Waals surface area (Å²) < 4.78 is 2.19. The number of carbonyl (C=O) groups excluding carboxylic acids is 1. The molecule has 1 heterocycles. The summed E-state index contributed by atoms with van der Waals surface area (Å²) in [5.41, 5.74) is -0.356. The van der Waals surface area contributed by atoms with Crippen molar-refractivity contribution in [1.82, 2.24) is 19.7 Å². The van der Waals surface area contributed by atoms with Gasteiger partial charge in [-0.1, -0.05) is 62.4 Å². The van der Waals surface area contributed by atoms with E-state index in [0.29, 0.717) is 12.2 Å². The third-order valence-corrected chi connectivity index (χ3v) is 4.56. The number of rotatable bonds is 6. The van der Waals surface area contributed by atoms with E-state index in [1.54, 1.807) is 31.2 Å². The van der Waals surface area contributed by atoms with Crippen LogP contribution in [0.4, 0.5) is 0 Å². The van der Waals surface area contributed by atoms with E-state index in [0.717, 1.165) is 14.8 Å². The highest BCUT2D eigenvalue weighted by atomic mass is 16.2. The molecule has 3 aromatic rings. The van der Waals surface area contributed by atoms with Crippen LogP contribution in [-0.4, -0.2) is 26.8 Å². The van der Waals surface area contributed by atoms with E-state index in [2.05, 4.69) is 10.4 Å². The number of hydrogen-bond donors (Lipinski definition) is 1. The minimum absolute atomic E-state index is 0.212. The van der Waals surface area contributed by atoms with Crippen LogP contribution in [0.2, 0.25) is 0 Å². The zero-order chi connectivity index (χ0) is 21.0. The molecule has 0 bridgehead atoms. The quantitative estimate of drug-likeness (QED) is 0.698. The van der Waals surface area contributed by atoms with Crippen LogP contribution in [0.3, 0.4) is 0 Å². The molecule has 0 fully saturated rings. The highest BCUT2D eigenvalue weighted by Crippen LogP contribution is 2.14. The fraction of sp³-hybridized carbons (Fsp3) is 0.273. The molecule has 0 radical (unpaired) electrons. The van der Waals surface area contributed by atoms with Crippen molar-refractivity contribution in [1.29, 1.82) is 0 Å². The highest BCUT2D eigenvalue weighted by Gasteiger charge is 2.23. The van der Waals surface area contributed by atoms with Crippen molar-refractivity contribution in [3.8, 4) is 5.69 Å². The van der Waals surface area contributed by atoms with Gasteiger partial charge >= 0.3 is 5.69 Å². The van der Waals surface area contributed by atoms with Gasteiger partial charge in [0.05, 0.1) is 11.7 Å². The van der Waals surface area contributed by atoms with E-state index in [1.165, 1.54) is 0 Å². The predicted molar refractivity (Wildman–Crippen MR) is 112 cm³/mol. The minimum Gasteiger partial charge on any atom is -0.350 e. The van der Waals surface area contributed by atoms with Crippen LogP contribution in [-0.2, 0) is 0 Å². The Hall–Kier alpha value is -3.48. The van der Waals surface area contributed by atoms with Gasteiger partial charge in [0.1, 0.15) is 0 Å². The number of nitrogens with zero attached hydrogens (tertiary/aromatic N) is 3. The molecule has 29 heavy (non-hydrogen) atoms. The molecular weight excluding hydrogens is 368 g/mol. The van der Waals surface area contributed by atoms with Gasteiger partial charge in [-0.05, 0) is 30.5 Å². The van der Waals surface area contributed by atoms with E-state index >= 15 is 0 Å². The summed E-state index contributed by atoms with van der Waals surface area (Å²) in [5, 5.41) is 6.83. The van der Waals surface area contributed by atoms with Gasteiger partial charge < -0.3 is 5.32 Å². The third-order valence-electron chi connectivity index (χ3n) is 4.56. The van der Waals surface area contributed by atoms with Crippen LogP contribution in [0.1, 0.15) is 42.9 Å². The molecule has 7 heteroatoms. The van der Waals surface area contributed by atoms with Crippen LogP contribution < -0.4 is 16.6 Å². The van der Waals surface area contributed by atoms with Crippen molar-refractivity contribution in [2.45, 2.75) is 26.8 Å². The maximum absolute atomic E-state index is 13.2. The van der Waals surface area contributed by atoms with Gasteiger partial charge in [-0.25, -0.2) is 9.36 Å². The summed E-state index contributed by atoms with van der Waals surface area (Å²) >= 11 is 0. The van der Waals surface area contributed by atoms with Crippen molar-refractivity contribution >= 4 is 5.91 Å². The summed E-state index contributed by atoms with van der Waals surface area (Å²) in [4.78, 5) is 39.0. The fourth-order valence-corrected chi connectivity index (χ4v) is 2.97. The Bertz CT molecular complexity index is 1100. The first-order valence-corrected chi connectivity index (χ1v) is 9.54. The number of para-hydroxylation sites is 1. The number of carbonyl (C=O) groups is 1. The number of benzene rings is 2. The summed E-state index contributed by atoms with van der Waals surface area (Å²) in [6.07, 6.45) is 0. The highest BCUT2D eigenvalue weighted by molar-refractivity contribution is 5.91. The molecule has 1 amide bonds. The first-order chi connectivity index (χ1) is 13.9. The lowest BCUT2D eigenvalue weighted by Gasteiger charge is -2.18. The molecule has 1 atom stereocenters. The van der Waals surface area contributed by atoms with E-state index in [1.807, 2.05) is 50.2 Å². The van der Waals surface area contributed by atoms with Crippen molar-refractivity contribution in [3.63, 3.8) is 0 Å². The molecule has 0 saturated carbocycles. The largest absolute Gasteiger partial charge is 0.352 e. The Morgan fingerprint density at radius 3 is 2.14 bits per heavy atom. The monoisotopic (exact) mass is 392 g/mol. The Morgan fingerprint density at radius 2 is 1.55 bits per heavy atom. The Kier molecular flexibility index (Phi) is 6.07. The van der Waals surface area contributed by atoms with E-state index < -0.39 is 23.2 Å². The Labute approximate surface area is 168 Å². The third kappa shape index (κ3) is 4.34. The zero-order valence-corrected chi connectivity index (χ0v) is 16.7. The fourth-order valence-electron chi connectivity index (χ4n) is 2.97. The smallest absolute Gasteiger partial charge is 0.350 e. The lowest BCUT2D eigenvalue weighted by molar-refractivity contribution is 0.0939. The Balaban J connectivity index is 2.21. The SMILES string of the molecule is CC(C)CNC(=O)c1nn(-c2ccccc2)c(=O)n(C(C)c2ccccc2)c1=O. The number of amides is 1. The van der Waals surface area contributed by atoms with Gasteiger partial charge in [0, 0.05) is 6.54 Å². The molecule has 1 aromatic heterocycles. The first kappa shape index (κ1) is 20.3. The maximum atomic E-state index is 13.2. The molecule has 1 unspecified atom stereocenters. The van der Waals surface area contributed by atoms with Crippen molar-refractivity contribution in [2.24, 2.45) is 5.92 Å². The van der Waals surface area contributed by atoms with Crippen LogP contribution in [0.5, 0.6) is 0 Å². The summed E-state index contributed by atoms with van der Waals surface area (Å²) in [7, 11) is 0. The molecule has 0 aliphatic carbocycles. The van der Waals surface area contributed by atoms with Gasteiger partial charge in [0.25, 0.3) is 11.5 Å². The van der Waals surface area contributed by atoms with Crippen LogP contribution >= 0.6 is 0 Å². The standard InChI is InChI=1S/C22H24N4O3/c1-15(2)14-23-20(27)19-21(28)25(16(3)17-10-6-4-7-11-17)22(29)26(24-19)18-12-8-5-9-13-18/h4-13,15-16H,14H2,1-3H3,(H,23,27). The Morgan fingerprint density at radius 1 is 0.966 bits per heavy atom. The van der Waals surface area contributed by atoms with Gasteiger partial charge in [0.15, 0.2) is 0 Å². The molecular formula is C22H24N4O3. The molecule has 0 aliphatic heterocycles. The molecule has 3 rings (SSSR count). The molecule has 7 nitrogen and oxygen atoms in total. The molecule has 1 N–H and O–H groups in total. The molecule has 0 aliphatic rings. The van der Waals surface area contributed by atoms with Crippen LogP contribution in [0, 0.1) is 5.92 Å². The average Bonchev–Trinajstić information content (AvgIpc) is 2.73. The lowest BCUT2D eigenvalue weighted by atomic mass is 10.1. The second-order valence-electron chi connectivity index (χ2n) is 7.24. The number of aromatic nitrogens is 3. The summed E-state index contributed by atoms with van der Waals surface area (Å²) in [6, 6.07) is 17.4. The van der Waals surface area contributed by atoms with E-state index in [9.17, 15) is 14.4 Å². The molecule has 0 spiro atoms. The van der Waals surface area contributed by atoms with Gasteiger partial charge in [-0.2, -0.15) is 9.78 Å². The number of hydrogen-bond acceptors (Lipinski definition) is 4. The molecule has 150 valence electrons. The minimum atomic E-state index is -0.709.